The summed E-state index contributed by atoms with van der Waals surface area (Å²) in [7, 11) is 0. The summed E-state index contributed by atoms with van der Waals surface area (Å²) in [6.07, 6.45) is 4.32. The summed E-state index contributed by atoms with van der Waals surface area (Å²) in [6.45, 7) is 11.5. The molecule has 1 fully saturated rings. The number of amides is 3. The molecule has 3 N–H and O–H groups in total. The van der Waals surface area contributed by atoms with E-state index in [1.165, 1.54) is 6.08 Å². The molecule has 0 bridgehead atoms. The van der Waals surface area contributed by atoms with E-state index in [1.807, 2.05) is 44.2 Å². The van der Waals surface area contributed by atoms with Crippen LogP contribution in [0.2, 0.25) is 0 Å². The molecular weight excluding hydrogens is 514 g/mol. The van der Waals surface area contributed by atoms with E-state index in [4.69, 9.17) is 9.47 Å². The summed E-state index contributed by atoms with van der Waals surface area (Å²) in [6, 6.07) is 7.41. The number of alkyl carbamates (subject to hydrolysis) is 1. The average molecular weight is 558 g/mol. The first kappa shape index (κ1) is 32.6. The molecule has 40 heavy (non-hydrogen) atoms. The van der Waals surface area contributed by atoms with Crippen molar-refractivity contribution in [3.8, 4) is 0 Å². The van der Waals surface area contributed by atoms with Crippen LogP contribution in [0.15, 0.2) is 55.6 Å². The van der Waals surface area contributed by atoms with E-state index in [0.717, 1.165) is 18.4 Å². The number of carbonyl (C=O) groups excluding carboxylic acids is 4. The Bertz CT molecular complexity index is 998. The highest BCUT2D eigenvalue weighted by Crippen LogP contribution is 2.21. The second-order valence-electron chi connectivity index (χ2n) is 10.3. The molecule has 0 saturated carbocycles. The number of ether oxygens (including phenoxy) is 2. The van der Waals surface area contributed by atoms with Crippen LogP contribution in [0, 0.1) is 11.8 Å². The minimum absolute atomic E-state index is 0.00459. The summed E-state index contributed by atoms with van der Waals surface area (Å²) < 4.78 is 10.7. The molecule has 3 amide bonds. The summed E-state index contributed by atoms with van der Waals surface area (Å²) in [4.78, 5) is 52.7. The molecule has 0 radical (unpaired) electrons. The number of likely N-dealkylation sites (tertiary alicyclic amines) is 1. The lowest BCUT2D eigenvalue weighted by Crippen LogP contribution is -2.48. The molecule has 1 aliphatic rings. The maximum Gasteiger partial charge on any atom is 0.408 e. The van der Waals surface area contributed by atoms with E-state index in [-0.39, 0.29) is 56.4 Å². The Kier molecular flexibility index (Phi) is 13.9. The molecule has 0 aromatic heterocycles. The van der Waals surface area contributed by atoms with Crippen LogP contribution in [-0.2, 0) is 30.5 Å². The summed E-state index contributed by atoms with van der Waals surface area (Å²) in [5.74, 6) is -1.93. The second-order valence-corrected chi connectivity index (χ2v) is 10.3. The van der Waals surface area contributed by atoms with Gasteiger partial charge in [0.2, 0.25) is 11.8 Å². The largest absolute Gasteiger partial charge is 0.462 e. The zero-order valence-electron chi connectivity index (χ0n) is 23.6. The van der Waals surface area contributed by atoms with Gasteiger partial charge in [-0.3, -0.25) is 9.59 Å². The van der Waals surface area contributed by atoms with E-state index in [0.29, 0.717) is 13.0 Å². The Morgan fingerprint density at radius 1 is 1.07 bits per heavy atom. The molecule has 0 aliphatic carbocycles. The Morgan fingerprint density at radius 2 is 1.77 bits per heavy atom. The number of hydrogen-bond donors (Lipinski definition) is 3. The van der Waals surface area contributed by atoms with Gasteiger partial charge in [0.25, 0.3) is 0 Å². The van der Waals surface area contributed by atoms with Crippen molar-refractivity contribution >= 4 is 23.9 Å². The van der Waals surface area contributed by atoms with Gasteiger partial charge in [0.15, 0.2) is 0 Å². The van der Waals surface area contributed by atoms with Crippen molar-refractivity contribution in [1.29, 1.82) is 0 Å². The van der Waals surface area contributed by atoms with E-state index >= 15 is 0 Å². The van der Waals surface area contributed by atoms with Crippen molar-refractivity contribution in [3.05, 3.63) is 61.2 Å². The number of allylic oxidation sites excluding steroid dienone is 1. The molecule has 1 aromatic rings. The standard InChI is InChI=1S/C30H43N3O7/c1-5-11-23(17-27(35)33-16-10-15-24(33)18-34)28(36)31-26(21(3)4)20-39-29(37)25(12-6-2)32-30(38)40-19-22-13-8-7-9-14-22/h5-9,13-14,21,23-26,34H,1-2,10-12,15-20H2,3-4H3,(H,31,36)(H,32,38)/t23-,24+,25-,26-/m1/s1. The van der Waals surface area contributed by atoms with Gasteiger partial charge in [0, 0.05) is 13.0 Å². The minimum atomic E-state index is -1.00. The number of carbonyl (C=O) groups is 4. The highest BCUT2D eigenvalue weighted by molar-refractivity contribution is 5.86. The fourth-order valence-electron chi connectivity index (χ4n) is 4.43. The minimum Gasteiger partial charge on any atom is -0.462 e. The van der Waals surface area contributed by atoms with E-state index in [2.05, 4.69) is 23.8 Å². The number of benzene rings is 1. The van der Waals surface area contributed by atoms with Crippen LogP contribution >= 0.6 is 0 Å². The van der Waals surface area contributed by atoms with Gasteiger partial charge in [-0.05, 0) is 37.2 Å². The number of aliphatic hydroxyl groups excluding tert-OH is 1. The summed E-state index contributed by atoms with van der Waals surface area (Å²) >= 11 is 0. The van der Waals surface area contributed by atoms with Gasteiger partial charge in [-0.25, -0.2) is 9.59 Å². The Labute approximate surface area is 236 Å². The lowest BCUT2D eigenvalue weighted by atomic mass is 9.97. The maximum absolute atomic E-state index is 13.2. The molecule has 1 heterocycles. The van der Waals surface area contributed by atoms with Gasteiger partial charge in [-0.15, -0.1) is 13.2 Å². The predicted molar refractivity (Wildman–Crippen MR) is 151 cm³/mol. The number of nitrogens with zero attached hydrogens (tertiary/aromatic N) is 1. The molecule has 10 heteroatoms. The number of esters is 1. The van der Waals surface area contributed by atoms with E-state index in [1.54, 1.807) is 11.0 Å². The second kappa shape index (κ2) is 17.1. The maximum atomic E-state index is 13.2. The summed E-state index contributed by atoms with van der Waals surface area (Å²) in [5.41, 5.74) is 0.807. The fourth-order valence-corrected chi connectivity index (χ4v) is 4.43. The van der Waals surface area contributed by atoms with Gasteiger partial charge in [-0.1, -0.05) is 56.3 Å². The van der Waals surface area contributed by atoms with Gasteiger partial charge in [0.05, 0.1) is 24.6 Å². The molecule has 1 aliphatic heterocycles. The van der Waals surface area contributed by atoms with E-state index in [9.17, 15) is 24.3 Å². The number of rotatable bonds is 16. The molecule has 10 nitrogen and oxygen atoms in total. The van der Waals surface area contributed by atoms with Gasteiger partial charge in [0.1, 0.15) is 19.3 Å². The third-order valence-corrected chi connectivity index (χ3v) is 6.88. The quantitative estimate of drug-likeness (QED) is 0.210. The van der Waals surface area contributed by atoms with Crippen LogP contribution in [0.3, 0.4) is 0 Å². The number of nitrogens with one attached hydrogen (secondary N) is 2. The Hall–Kier alpha value is -3.66. The molecule has 220 valence electrons. The lowest BCUT2D eigenvalue weighted by Gasteiger charge is -2.27. The molecule has 0 spiro atoms. The van der Waals surface area contributed by atoms with Crippen LogP contribution in [0.5, 0.6) is 0 Å². The van der Waals surface area contributed by atoms with Crippen LogP contribution in [0.1, 0.15) is 51.5 Å². The van der Waals surface area contributed by atoms with Crippen LogP contribution < -0.4 is 10.6 Å². The number of hydrogen-bond acceptors (Lipinski definition) is 7. The van der Waals surface area contributed by atoms with Crippen LogP contribution in [0.25, 0.3) is 0 Å². The zero-order valence-corrected chi connectivity index (χ0v) is 23.6. The van der Waals surface area contributed by atoms with Gasteiger partial charge < -0.3 is 30.1 Å². The molecule has 4 atom stereocenters. The van der Waals surface area contributed by atoms with Crippen molar-refractivity contribution in [2.24, 2.45) is 11.8 Å². The zero-order chi connectivity index (χ0) is 29.5. The SMILES string of the molecule is C=CC[C@H](CC(=O)N1CCC[C@H]1CO)C(=O)N[C@H](COC(=O)[C@@H](CC=C)NC(=O)OCc1ccccc1)C(C)C. The smallest absolute Gasteiger partial charge is 0.408 e. The van der Waals surface area contributed by atoms with Crippen molar-refractivity contribution in [2.45, 2.75) is 70.7 Å². The molecular formula is C30H43N3O7. The van der Waals surface area contributed by atoms with Crippen molar-refractivity contribution < 1.29 is 33.8 Å². The first-order valence-corrected chi connectivity index (χ1v) is 13.8. The van der Waals surface area contributed by atoms with E-state index < -0.39 is 30.1 Å². The van der Waals surface area contributed by atoms with Crippen LogP contribution in [0.4, 0.5) is 4.79 Å². The highest BCUT2D eigenvalue weighted by atomic mass is 16.6. The van der Waals surface area contributed by atoms with Gasteiger partial charge in [-0.2, -0.15) is 0 Å². The number of aliphatic hydroxyl groups is 1. The van der Waals surface area contributed by atoms with Crippen molar-refractivity contribution in [1.82, 2.24) is 15.5 Å². The Morgan fingerprint density at radius 3 is 2.40 bits per heavy atom. The third kappa shape index (κ3) is 10.5. The van der Waals surface area contributed by atoms with Gasteiger partial charge >= 0.3 is 12.1 Å². The predicted octanol–water partition coefficient (Wildman–Crippen LogP) is 3.11. The lowest BCUT2D eigenvalue weighted by molar-refractivity contribution is -0.148. The fraction of sp³-hybridized carbons (Fsp3) is 0.533. The highest BCUT2D eigenvalue weighted by Gasteiger charge is 2.32. The monoisotopic (exact) mass is 557 g/mol. The first-order chi connectivity index (χ1) is 19.2. The Balaban J connectivity index is 1.93. The molecule has 1 saturated heterocycles. The molecule has 0 unspecified atom stereocenters. The van der Waals surface area contributed by atoms with Crippen molar-refractivity contribution in [2.75, 3.05) is 19.8 Å². The normalized spacial score (nSPS) is 16.9. The van der Waals surface area contributed by atoms with Crippen molar-refractivity contribution in [3.63, 3.8) is 0 Å². The summed E-state index contributed by atoms with van der Waals surface area (Å²) in [5, 5.41) is 15.0. The average Bonchev–Trinajstić information content (AvgIpc) is 3.43. The van der Waals surface area contributed by atoms with Crippen LogP contribution in [-0.4, -0.2) is 71.8 Å². The topological polar surface area (TPSA) is 134 Å². The molecule has 1 aromatic carbocycles. The molecule has 2 rings (SSSR count). The third-order valence-electron chi connectivity index (χ3n) is 6.88. The first-order valence-electron chi connectivity index (χ1n) is 13.8.